The zero-order chi connectivity index (χ0) is 11.4. The fourth-order valence-electron chi connectivity index (χ4n) is 1.33. The third-order valence-electron chi connectivity index (χ3n) is 2.73. The molecule has 0 aliphatic heterocycles. The number of ether oxygens (including phenoxy) is 1. The molecule has 0 aliphatic carbocycles. The molecule has 1 aromatic rings. The Morgan fingerprint density at radius 3 is 2.60 bits per heavy atom. The van der Waals surface area contributed by atoms with Gasteiger partial charge in [0, 0.05) is 23.9 Å². The van der Waals surface area contributed by atoms with Gasteiger partial charge in [-0.2, -0.15) is 0 Å². The number of rotatable bonds is 4. The summed E-state index contributed by atoms with van der Waals surface area (Å²) >= 11 is 6.04. The lowest BCUT2D eigenvalue weighted by atomic mass is 10.1. The second-order valence-electron chi connectivity index (χ2n) is 3.79. The lowest BCUT2D eigenvalue weighted by Crippen LogP contribution is -2.29. The standard InChI is InChI=1S/C12H18ClNO/c1-8-11(13)6-5-7-12(8)14-9(2)10(3)15-4/h5-7,9-10,14H,1-4H3. The SMILES string of the molecule is COC(C)C(C)Nc1cccc(Cl)c1C. The fourth-order valence-corrected chi connectivity index (χ4v) is 1.51. The molecule has 0 aliphatic rings. The van der Waals surface area contributed by atoms with E-state index in [2.05, 4.69) is 12.2 Å². The van der Waals surface area contributed by atoms with Crippen LogP contribution in [0.15, 0.2) is 18.2 Å². The maximum absolute atomic E-state index is 6.04. The molecule has 1 aromatic carbocycles. The molecule has 2 nitrogen and oxygen atoms in total. The minimum Gasteiger partial charge on any atom is -0.380 e. The van der Waals surface area contributed by atoms with Crippen molar-refractivity contribution in [2.45, 2.75) is 32.9 Å². The van der Waals surface area contributed by atoms with Crippen molar-refractivity contribution in [3.63, 3.8) is 0 Å². The zero-order valence-corrected chi connectivity index (χ0v) is 10.4. The van der Waals surface area contributed by atoms with Crippen LogP contribution in [0.25, 0.3) is 0 Å². The van der Waals surface area contributed by atoms with Crippen LogP contribution < -0.4 is 5.32 Å². The van der Waals surface area contributed by atoms with E-state index in [9.17, 15) is 0 Å². The topological polar surface area (TPSA) is 21.3 Å². The van der Waals surface area contributed by atoms with Gasteiger partial charge in [-0.05, 0) is 38.5 Å². The Kier molecular flexibility index (Phi) is 4.43. The number of anilines is 1. The minimum atomic E-state index is 0.170. The van der Waals surface area contributed by atoms with Crippen LogP contribution in [0.4, 0.5) is 5.69 Å². The molecule has 0 saturated heterocycles. The average Bonchev–Trinajstić information content (AvgIpc) is 2.23. The molecule has 0 aromatic heterocycles. The second kappa shape index (κ2) is 5.38. The molecule has 0 saturated carbocycles. The van der Waals surface area contributed by atoms with Gasteiger partial charge in [0.2, 0.25) is 0 Å². The highest BCUT2D eigenvalue weighted by molar-refractivity contribution is 6.31. The van der Waals surface area contributed by atoms with E-state index in [-0.39, 0.29) is 12.1 Å². The molecular weight excluding hydrogens is 210 g/mol. The Morgan fingerprint density at radius 1 is 1.33 bits per heavy atom. The quantitative estimate of drug-likeness (QED) is 0.851. The highest BCUT2D eigenvalue weighted by Crippen LogP contribution is 2.23. The van der Waals surface area contributed by atoms with Crippen molar-refractivity contribution in [3.05, 3.63) is 28.8 Å². The van der Waals surface area contributed by atoms with E-state index in [1.807, 2.05) is 32.0 Å². The van der Waals surface area contributed by atoms with Crippen LogP contribution in [-0.4, -0.2) is 19.3 Å². The fraction of sp³-hybridized carbons (Fsp3) is 0.500. The van der Waals surface area contributed by atoms with Crippen molar-refractivity contribution >= 4 is 17.3 Å². The normalized spacial score (nSPS) is 14.7. The Labute approximate surface area is 96.6 Å². The molecule has 2 atom stereocenters. The van der Waals surface area contributed by atoms with Crippen molar-refractivity contribution < 1.29 is 4.74 Å². The first kappa shape index (κ1) is 12.3. The lowest BCUT2D eigenvalue weighted by molar-refractivity contribution is 0.106. The number of hydrogen-bond acceptors (Lipinski definition) is 2. The summed E-state index contributed by atoms with van der Waals surface area (Å²) in [4.78, 5) is 0. The molecule has 0 radical (unpaired) electrons. The zero-order valence-electron chi connectivity index (χ0n) is 9.67. The highest BCUT2D eigenvalue weighted by atomic mass is 35.5. The van der Waals surface area contributed by atoms with Crippen molar-refractivity contribution in [1.82, 2.24) is 0 Å². The summed E-state index contributed by atoms with van der Waals surface area (Å²) in [6.07, 6.45) is 0.170. The molecule has 15 heavy (non-hydrogen) atoms. The van der Waals surface area contributed by atoms with Crippen LogP contribution in [-0.2, 0) is 4.74 Å². The smallest absolute Gasteiger partial charge is 0.0741 e. The largest absolute Gasteiger partial charge is 0.380 e. The van der Waals surface area contributed by atoms with Gasteiger partial charge >= 0.3 is 0 Å². The van der Waals surface area contributed by atoms with Gasteiger partial charge in [-0.25, -0.2) is 0 Å². The first-order chi connectivity index (χ1) is 7.06. The molecule has 0 spiro atoms. The summed E-state index contributed by atoms with van der Waals surface area (Å²) in [5.74, 6) is 0. The van der Waals surface area contributed by atoms with Gasteiger partial charge in [-0.3, -0.25) is 0 Å². The predicted octanol–water partition coefficient (Wildman–Crippen LogP) is 3.48. The first-order valence-electron chi connectivity index (χ1n) is 5.10. The van der Waals surface area contributed by atoms with Gasteiger partial charge in [0.1, 0.15) is 0 Å². The molecule has 0 heterocycles. The second-order valence-corrected chi connectivity index (χ2v) is 4.19. The summed E-state index contributed by atoms with van der Waals surface area (Å²) < 4.78 is 5.26. The van der Waals surface area contributed by atoms with Gasteiger partial charge in [0.05, 0.1) is 6.10 Å². The molecule has 3 heteroatoms. The molecule has 1 N–H and O–H groups in total. The number of halogens is 1. The summed E-state index contributed by atoms with van der Waals surface area (Å²) in [5.41, 5.74) is 2.15. The summed E-state index contributed by atoms with van der Waals surface area (Å²) in [5, 5.41) is 4.18. The summed E-state index contributed by atoms with van der Waals surface area (Å²) in [6, 6.07) is 6.13. The highest BCUT2D eigenvalue weighted by Gasteiger charge is 2.12. The summed E-state index contributed by atoms with van der Waals surface area (Å²) in [7, 11) is 1.72. The monoisotopic (exact) mass is 227 g/mol. The minimum absolute atomic E-state index is 0.170. The number of nitrogens with one attached hydrogen (secondary N) is 1. The Balaban J connectivity index is 2.76. The molecule has 0 amide bonds. The molecule has 0 fully saturated rings. The maximum atomic E-state index is 6.04. The van der Waals surface area contributed by atoms with Crippen molar-refractivity contribution in [2.24, 2.45) is 0 Å². The van der Waals surface area contributed by atoms with Gasteiger partial charge in [-0.1, -0.05) is 17.7 Å². The molecule has 1 rings (SSSR count). The van der Waals surface area contributed by atoms with Crippen molar-refractivity contribution in [3.8, 4) is 0 Å². The lowest BCUT2D eigenvalue weighted by Gasteiger charge is -2.22. The van der Waals surface area contributed by atoms with E-state index in [1.165, 1.54) is 0 Å². The summed E-state index contributed by atoms with van der Waals surface area (Å²) in [6.45, 7) is 6.14. The van der Waals surface area contributed by atoms with E-state index in [1.54, 1.807) is 7.11 Å². The Morgan fingerprint density at radius 2 is 2.00 bits per heavy atom. The molecule has 2 unspecified atom stereocenters. The number of methoxy groups -OCH3 is 1. The van der Waals surface area contributed by atoms with E-state index >= 15 is 0 Å². The third-order valence-corrected chi connectivity index (χ3v) is 3.14. The number of hydrogen-bond donors (Lipinski definition) is 1. The molecular formula is C12H18ClNO. The van der Waals surface area contributed by atoms with Crippen molar-refractivity contribution in [1.29, 1.82) is 0 Å². The van der Waals surface area contributed by atoms with Crippen molar-refractivity contribution in [2.75, 3.05) is 12.4 Å². The van der Waals surface area contributed by atoms with E-state index < -0.39 is 0 Å². The molecule has 84 valence electrons. The van der Waals surface area contributed by atoms with E-state index in [0.717, 1.165) is 16.3 Å². The van der Waals surface area contributed by atoms with Crippen LogP contribution in [0, 0.1) is 6.92 Å². The van der Waals surface area contributed by atoms with Gasteiger partial charge in [0.25, 0.3) is 0 Å². The first-order valence-corrected chi connectivity index (χ1v) is 5.48. The average molecular weight is 228 g/mol. The Hall–Kier alpha value is -0.730. The molecule has 0 bridgehead atoms. The van der Waals surface area contributed by atoms with E-state index in [4.69, 9.17) is 16.3 Å². The van der Waals surface area contributed by atoms with Gasteiger partial charge in [-0.15, -0.1) is 0 Å². The van der Waals surface area contributed by atoms with Crippen LogP contribution in [0.2, 0.25) is 5.02 Å². The van der Waals surface area contributed by atoms with Gasteiger partial charge < -0.3 is 10.1 Å². The van der Waals surface area contributed by atoms with Crippen LogP contribution in [0.3, 0.4) is 0 Å². The van der Waals surface area contributed by atoms with Gasteiger partial charge in [0.15, 0.2) is 0 Å². The predicted molar refractivity (Wildman–Crippen MR) is 65.7 cm³/mol. The van der Waals surface area contributed by atoms with Crippen LogP contribution in [0.5, 0.6) is 0 Å². The third kappa shape index (κ3) is 3.11. The van der Waals surface area contributed by atoms with Crippen LogP contribution in [0.1, 0.15) is 19.4 Å². The maximum Gasteiger partial charge on any atom is 0.0741 e. The Bertz CT molecular complexity index is 327. The van der Waals surface area contributed by atoms with E-state index in [0.29, 0.717) is 0 Å². The van der Waals surface area contributed by atoms with Crippen LogP contribution >= 0.6 is 11.6 Å². The number of benzene rings is 1.